The van der Waals surface area contributed by atoms with E-state index < -0.39 is 10.0 Å². The topological polar surface area (TPSA) is 59.1 Å². The van der Waals surface area contributed by atoms with E-state index >= 15 is 0 Å². The van der Waals surface area contributed by atoms with Crippen LogP contribution in [-0.4, -0.2) is 13.4 Å². The van der Waals surface area contributed by atoms with Gasteiger partial charge in [0.15, 0.2) is 0 Å². The van der Waals surface area contributed by atoms with Crippen molar-refractivity contribution in [3.8, 4) is 0 Å². The van der Waals surface area contributed by atoms with Crippen LogP contribution in [0.1, 0.15) is 16.8 Å². The molecule has 0 spiro atoms. The minimum absolute atomic E-state index is 0.276. The third-order valence-electron chi connectivity index (χ3n) is 2.44. The SMILES string of the molecule is Cc1cc(C)nc(NS(=O)(=O)c2cc(C)c(Br)s2)c1. The predicted molar refractivity (Wildman–Crippen MR) is 81.3 cm³/mol. The van der Waals surface area contributed by atoms with Crippen LogP contribution < -0.4 is 4.72 Å². The highest BCUT2D eigenvalue weighted by atomic mass is 79.9. The highest BCUT2D eigenvalue weighted by Crippen LogP contribution is 2.31. The first-order valence-corrected chi connectivity index (χ1v) is 8.61. The highest BCUT2D eigenvalue weighted by Gasteiger charge is 2.19. The van der Waals surface area contributed by atoms with Gasteiger partial charge in [0.05, 0.1) is 3.79 Å². The first-order valence-electron chi connectivity index (χ1n) is 5.52. The van der Waals surface area contributed by atoms with E-state index in [2.05, 4.69) is 25.6 Å². The number of hydrogen-bond donors (Lipinski definition) is 1. The molecule has 0 atom stereocenters. The van der Waals surface area contributed by atoms with Gasteiger partial charge < -0.3 is 0 Å². The largest absolute Gasteiger partial charge is 0.272 e. The summed E-state index contributed by atoms with van der Waals surface area (Å²) in [6, 6.07) is 5.24. The second-order valence-corrected chi connectivity index (χ2v) is 8.58. The van der Waals surface area contributed by atoms with E-state index in [1.165, 1.54) is 11.3 Å². The molecule has 0 fully saturated rings. The Kier molecular flexibility index (Phi) is 3.98. The van der Waals surface area contributed by atoms with Crippen LogP contribution in [0.25, 0.3) is 0 Å². The molecule has 0 aliphatic heterocycles. The Balaban J connectivity index is 2.36. The molecular weight excluding hydrogens is 348 g/mol. The molecule has 0 unspecified atom stereocenters. The van der Waals surface area contributed by atoms with Crippen LogP contribution in [0.15, 0.2) is 26.2 Å². The van der Waals surface area contributed by atoms with E-state index in [-0.39, 0.29) is 4.21 Å². The zero-order valence-corrected chi connectivity index (χ0v) is 13.9. The first kappa shape index (κ1) is 14.5. The zero-order chi connectivity index (χ0) is 14.2. The molecule has 0 radical (unpaired) electrons. The van der Waals surface area contributed by atoms with E-state index in [9.17, 15) is 8.42 Å². The molecule has 2 heterocycles. The minimum Gasteiger partial charge on any atom is -0.263 e. The molecule has 0 aromatic carbocycles. The molecule has 0 saturated carbocycles. The van der Waals surface area contributed by atoms with Crippen LogP contribution in [0.3, 0.4) is 0 Å². The van der Waals surface area contributed by atoms with Crippen LogP contribution in [0.4, 0.5) is 5.82 Å². The molecule has 0 saturated heterocycles. The fourth-order valence-electron chi connectivity index (χ4n) is 1.65. The Morgan fingerprint density at radius 1 is 1.21 bits per heavy atom. The third-order valence-corrected chi connectivity index (χ3v) is 6.40. The summed E-state index contributed by atoms with van der Waals surface area (Å²) in [6.45, 7) is 5.59. The lowest BCUT2D eigenvalue weighted by atomic mass is 10.2. The van der Waals surface area contributed by atoms with Gasteiger partial charge >= 0.3 is 0 Å². The number of nitrogens with one attached hydrogen (secondary N) is 1. The summed E-state index contributed by atoms with van der Waals surface area (Å²) >= 11 is 4.52. The molecule has 4 nitrogen and oxygen atoms in total. The summed E-state index contributed by atoms with van der Waals surface area (Å²) in [5, 5.41) is 0. The number of aromatic nitrogens is 1. The van der Waals surface area contributed by atoms with Gasteiger partial charge in [0.25, 0.3) is 10.0 Å². The van der Waals surface area contributed by atoms with Gasteiger partial charge in [0.2, 0.25) is 0 Å². The van der Waals surface area contributed by atoms with Gasteiger partial charge in [-0.25, -0.2) is 13.4 Å². The van der Waals surface area contributed by atoms with Crippen molar-refractivity contribution in [2.45, 2.75) is 25.0 Å². The number of anilines is 1. The van der Waals surface area contributed by atoms with E-state index in [1.807, 2.05) is 26.8 Å². The fraction of sp³-hybridized carbons (Fsp3) is 0.250. The molecule has 102 valence electrons. The lowest BCUT2D eigenvalue weighted by molar-refractivity contribution is 0.603. The number of hydrogen-bond acceptors (Lipinski definition) is 4. The molecule has 2 aromatic rings. The standard InChI is InChI=1S/C12H13BrN2O2S2/c1-7-4-9(3)14-10(5-7)15-19(16,17)11-6-8(2)12(13)18-11/h4-6H,1-3H3,(H,14,15). The van der Waals surface area contributed by atoms with Crippen LogP contribution in [0.2, 0.25) is 0 Å². The predicted octanol–water partition coefficient (Wildman–Crippen LogP) is 3.63. The minimum atomic E-state index is -3.57. The number of rotatable bonds is 3. The van der Waals surface area contributed by atoms with Crippen molar-refractivity contribution in [1.29, 1.82) is 0 Å². The quantitative estimate of drug-likeness (QED) is 0.908. The number of thiophene rings is 1. The monoisotopic (exact) mass is 360 g/mol. The second kappa shape index (κ2) is 5.22. The summed E-state index contributed by atoms with van der Waals surface area (Å²) in [4.78, 5) is 4.18. The lowest BCUT2D eigenvalue weighted by Gasteiger charge is -2.07. The molecule has 7 heteroatoms. The summed E-state index contributed by atoms with van der Waals surface area (Å²) < 4.78 is 28.1. The normalized spacial score (nSPS) is 11.6. The number of pyridine rings is 1. The summed E-state index contributed by atoms with van der Waals surface area (Å²) in [6.07, 6.45) is 0. The van der Waals surface area contributed by atoms with Crippen molar-refractivity contribution < 1.29 is 8.42 Å². The summed E-state index contributed by atoms with van der Waals surface area (Å²) in [5.74, 6) is 0.347. The molecule has 0 aliphatic carbocycles. The molecule has 19 heavy (non-hydrogen) atoms. The molecule has 0 amide bonds. The van der Waals surface area contributed by atoms with Gasteiger partial charge in [0.1, 0.15) is 10.0 Å². The molecular formula is C12H13BrN2O2S2. The molecule has 2 rings (SSSR count). The Bertz CT molecular complexity index is 684. The fourth-order valence-corrected chi connectivity index (χ4v) is 4.86. The van der Waals surface area contributed by atoms with Crippen molar-refractivity contribution in [2.75, 3.05) is 4.72 Å². The maximum Gasteiger partial charge on any atom is 0.272 e. The van der Waals surface area contributed by atoms with Crippen LogP contribution >= 0.6 is 27.3 Å². The zero-order valence-electron chi connectivity index (χ0n) is 10.7. The lowest BCUT2D eigenvalue weighted by Crippen LogP contribution is -2.13. The average molecular weight is 361 g/mol. The number of nitrogens with zero attached hydrogens (tertiary/aromatic N) is 1. The first-order chi connectivity index (χ1) is 8.78. The molecule has 0 bridgehead atoms. The van der Waals surface area contributed by atoms with Crippen molar-refractivity contribution >= 4 is 43.1 Å². The van der Waals surface area contributed by atoms with Gasteiger partial charge in [-0.1, -0.05) is 0 Å². The summed E-state index contributed by atoms with van der Waals surface area (Å²) in [7, 11) is -3.57. The van der Waals surface area contributed by atoms with E-state index in [0.717, 1.165) is 20.6 Å². The van der Waals surface area contributed by atoms with Crippen molar-refractivity contribution in [2.24, 2.45) is 0 Å². The third kappa shape index (κ3) is 3.34. The van der Waals surface area contributed by atoms with E-state index in [0.29, 0.717) is 5.82 Å². The highest BCUT2D eigenvalue weighted by molar-refractivity contribution is 9.11. The maximum atomic E-state index is 12.2. The van der Waals surface area contributed by atoms with Gasteiger partial charge in [-0.15, -0.1) is 11.3 Å². The van der Waals surface area contributed by atoms with Gasteiger partial charge in [0, 0.05) is 5.69 Å². The van der Waals surface area contributed by atoms with Crippen molar-refractivity contribution in [3.05, 3.63) is 38.8 Å². The van der Waals surface area contributed by atoms with Crippen LogP contribution in [0, 0.1) is 20.8 Å². The van der Waals surface area contributed by atoms with Crippen LogP contribution in [-0.2, 0) is 10.0 Å². The van der Waals surface area contributed by atoms with Crippen molar-refractivity contribution in [1.82, 2.24) is 4.98 Å². The number of aryl methyl sites for hydroxylation is 3. The summed E-state index contributed by atoms with van der Waals surface area (Å²) in [5.41, 5.74) is 2.65. The molecule has 1 N–H and O–H groups in total. The van der Waals surface area contributed by atoms with Gasteiger partial charge in [-0.05, 0) is 66.0 Å². The Morgan fingerprint density at radius 3 is 2.42 bits per heavy atom. The van der Waals surface area contributed by atoms with Gasteiger partial charge in [-0.3, -0.25) is 4.72 Å². The Hall–Kier alpha value is -0.920. The smallest absolute Gasteiger partial charge is 0.263 e. The molecule has 2 aromatic heterocycles. The molecule has 0 aliphatic rings. The van der Waals surface area contributed by atoms with Gasteiger partial charge in [-0.2, -0.15) is 0 Å². The van der Waals surface area contributed by atoms with E-state index in [4.69, 9.17) is 0 Å². The Morgan fingerprint density at radius 2 is 1.89 bits per heavy atom. The number of sulfonamides is 1. The Labute approximate surface area is 125 Å². The van der Waals surface area contributed by atoms with Crippen molar-refractivity contribution in [3.63, 3.8) is 0 Å². The second-order valence-electron chi connectivity index (χ2n) is 4.30. The maximum absolute atomic E-state index is 12.2. The average Bonchev–Trinajstić information content (AvgIpc) is 2.57. The van der Waals surface area contributed by atoms with Crippen LogP contribution in [0.5, 0.6) is 0 Å². The van der Waals surface area contributed by atoms with E-state index in [1.54, 1.807) is 12.1 Å². The number of halogens is 1.